The van der Waals surface area contributed by atoms with Crippen molar-refractivity contribution in [1.29, 1.82) is 0 Å². The molecule has 0 unspecified atom stereocenters. The topological polar surface area (TPSA) is 95.5 Å². The van der Waals surface area contributed by atoms with Gasteiger partial charge in [-0.3, -0.25) is 4.79 Å². The first-order chi connectivity index (χ1) is 16.0. The van der Waals surface area contributed by atoms with Gasteiger partial charge in [-0.2, -0.15) is 5.10 Å². The molecule has 1 atom stereocenters. The van der Waals surface area contributed by atoms with Gasteiger partial charge in [-0.1, -0.05) is 30.3 Å². The number of hydrogen-bond acceptors (Lipinski definition) is 7. The van der Waals surface area contributed by atoms with E-state index < -0.39 is 12.1 Å². The van der Waals surface area contributed by atoms with E-state index in [1.54, 1.807) is 54.6 Å². The highest BCUT2D eigenvalue weighted by atomic mass is 16.5. The molecule has 1 N–H and O–H groups in total. The lowest BCUT2D eigenvalue weighted by Crippen LogP contribution is -2.26. The summed E-state index contributed by atoms with van der Waals surface area (Å²) in [5, 5.41) is 3.97. The minimum Gasteiger partial charge on any atom is -0.493 e. The zero-order valence-electron chi connectivity index (χ0n) is 18.5. The van der Waals surface area contributed by atoms with Crippen LogP contribution in [0, 0.1) is 0 Å². The van der Waals surface area contributed by atoms with Crippen molar-refractivity contribution >= 4 is 18.1 Å². The quantitative estimate of drug-likeness (QED) is 0.232. The molecule has 0 bridgehead atoms. The van der Waals surface area contributed by atoms with Crippen LogP contribution < -0.4 is 19.6 Å². The van der Waals surface area contributed by atoms with Gasteiger partial charge in [0.25, 0.3) is 5.91 Å². The number of ether oxygens (including phenoxy) is 4. The fourth-order valence-corrected chi connectivity index (χ4v) is 3.00. The van der Waals surface area contributed by atoms with E-state index in [1.165, 1.54) is 27.5 Å². The van der Waals surface area contributed by atoms with Crippen molar-refractivity contribution in [2.24, 2.45) is 5.10 Å². The molecule has 0 fully saturated rings. The highest BCUT2D eigenvalue weighted by Crippen LogP contribution is 2.28. The Labute approximate surface area is 191 Å². The van der Waals surface area contributed by atoms with Crippen molar-refractivity contribution in [2.45, 2.75) is 6.10 Å². The van der Waals surface area contributed by atoms with E-state index in [0.29, 0.717) is 28.4 Å². The molecule has 0 spiro atoms. The molecule has 0 aromatic heterocycles. The maximum absolute atomic E-state index is 12.4. The Morgan fingerprint density at radius 3 is 2.21 bits per heavy atom. The molecule has 8 nitrogen and oxygen atoms in total. The van der Waals surface area contributed by atoms with Gasteiger partial charge >= 0.3 is 5.97 Å². The minimum absolute atomic E-state index is 0.326. The van der Waals surface area contributed by atoms with Crippen LogP contribution in [-0.4, -0.2) is 39.4 Å². The van der Waals surface area contributed by atoms with Crippen LogP contribution in [0.5, 0.6) is 17.2 Å². The van der Waals surface area contributed by atoms with Gasteiger partial charge in [-0.25, -0.2) is 10.2 Å². The van der Waals surface area contributed by atoms with Crippen molar-refractivity contribution < 1.29 is 28.5 Å². The third kappa shape index (κ3) is 6.18. The first-order valence-corrected chi connectivity index (χ1v) is 10.0. The van der Waals surface area contributed by atoms with E-state index in [0.717, 1.165) is 5.56 Å². The fourth-order valence-electron chi connectivity index (χ4n) is 3.00. The van der Waals surface area contributed by atoms with Crippen LogP contribution in [0.3, 0.4) is 0 Å². The molecule has 0 radical (unpaired) electrons. The van der Waals surface area contributed by atoms with Gasteiger partial charge in [0, 0.05) is 7.11 Å². The van der Waals surface area contributed by atoms with Crippen molar-refractivity contribution in [2.75, 3.05) is 21.3 Å². The summed E-state index contributed by atoms with van der Waals surface area (Å²) in [7, 11) is 4.47. The number of nitrogens with zero attached hydrogens (tertiary/aromatic N) is 1. The van der Waals surface area contributed by atoms with Crippen molar-refractivity contribution in [3.05, 3.63) is 89.5 Å². The van der Waals surface area contributed by atoms with Gasteiger partial charge in [0.2, 0.25) is 0 Å². The number of nitrogens with one attached hydrogen (secondary N) is 1. The highest BCUT2D eigenvalue weighted by Gasteiger charge is 2.19. The minimum atomic E-state index is -0.762. The second-order valence-electron chi connectivity index (χ2n) is 6.79. The number of hydrazone groups is 1. The van der Waals surface area contributed by atoms with Crippen LogP contribution in [0.1, 0.15) is 27.6 Å². The van der Waals surface area contributed by atoms with Gasteiger partial charge in [-0.15, -0.1) is 0 Å². The Balaban J connectivity index is 1.58. The lowest BCUT2D eigenvalue weighted by atomic mass is 10.1. The molecule has 3 aromatic carbocycles. The highest BCUT2D eigenvalue weighted by molar-refractivity contribution is 5.92. The van der Waals surface area contributed by atoms with Gasteiger partial charge < -0.3 is 18.9 Å². The molecule has 3 rings (SSSR count). The largest absolute Gasteiger partial charge is 0.493 e. The number of benzene rings is 3. The number of hydrogen-bond donors (Lipinski definition) is 1. The molecule has 0 heterocycles. The number of carbonyl (C=O) groups excluding carboxylic acids is 2. The van der Waals surface area contributed by atoms with Gasteiger partial charge in [0.1, 0.15) is 5.75 Å². The van der Waals surface area contributed by atoms with Crippen molar-refractivity contribution in [1.82, 2.24) is 5.43 Å². The van der Waals surface area contributed by atoms with E-state index in [-0.39, 0.29) is 5.91 Å². The second-order valence-corrected chi connectivity index (χ2v) is 6.79. The van der Waals surface area contributed by atoms with Crippen LogP contribution >= 0.6 is 0 Å². The lowest BCUT2D eigenvalue weighted by molar-refractivity contribution is -0.131. The summed E-state index contributed by atoms with van der Waals surface area (Å²) >= 11 is 0. The first-order valence-electron chi connectivity index (χ1n) is 10.0. The second kappa shape index (κ2) is 11.4. The predicted octanol–water partition coefficient (Wildman–Crippen LogP) is 3.76. The summed E-state index contributed by atoms with van der Waals surface area (Å²) in [6, 6.07) is 20.6. The Morgan fingerprint density at radius 2 is 1.58 bits per heavy atom. The van der Waals surface area contributed by atoms with Crippen LogP contribution in [0.25, 0.3) is 0 Å². The van der Waals surface area contributed by atoms with Gasteiger partial charge in [-0.05, 0) is 53.6 Å². The monoisotopic (exact) mass is 448 g/mol. The van der Waals surface area contributed by atoms with E-state index in [4.69, 9.17) is 18.9 Å². The average Bonchev–Trinajstić information content (AvgIpc) is 2.85. The maximum atomic E-state index is 12.4. The summed E-state index contributed by atoms with van der Waals surface area (Å²) < 4.78 is 21.0. The molecule has 0 aliphatic heterocycles. The summed E-state index contributed by atoms with van der Waals surface area (Å²) in [5.41, 5.74) is 4.23. The number of methoxy groups -OCH3 is 3. The van der Waals surface area contributed by atoms with Crippen LogP contribution in [-0.2, 0) is 9.53 Å². The van der Waals surface area contributed by atoms with E-state index in [2.05, 4.69) is 10.5 Å². The van der Waals surface area contributed by atoms with E-state index in [9.17, 15) is 9.59 Å². The van der Waals surface area contributed by atoms with Crippen molar-refractivity contribution in [3.63, 3.8) is 0 Å². The number of esters is 1. The SMILES string of the molecule is COc1ccc(C(=O)Oc2ccc(/C=N\NC(=O)[C@@H](OC)c3ccccc3)cc2)cc1OC. The van der Waals surface area contributed by atoms with E-state index in [1.807, 2.05) is 18.2 Å². The zero-order chi connectivity index (χ0) is 23.6. The Kier molecular flexibility index (Phi) is 8.15. The Morgan fingerprint density at radius 1 is 0.879 bits per heavy atom. The number of amides is 1. The van der Waals surface area contributed by atoms with Crippen LogP contribution in [0.2, 0.25) is 0 Å². The van der Waals surface area contributed by atoms with Gasteiger partial charge in [0.15, 0.2) is 17.6 Å². The molecule has 33 heavy (non-hydrogen) atoms. The Bertz CT molecular complexity index is 1110. The normalized spacial score (nSPS) is 11.6. The molecule has 0 saturated heterocycles. The third-order valence-electron chi connectivity index (χ3n) is 4.67. The first kappa shape index (κ1) is 23.5. The van der Waals surface area contributed by atoms with E-state index >= 15 is 0 Å². The third-order valence-corrected chi connectivity index (χ3v) is 4.67. The number of rotatable bonds is 9. The molecule has 0 aliphatic carbocycles. The van der Waals surface area contributed by atoms with Crippen LogP contribution in [0.4, 0.5) is 0 Å². The summed E-state index contributed by atoms with van der Waals surface area (Å²) in [6.07, 6.45) is 0.719. The standard InChI is InChI=1S/C25H24N2O6/c1-30-21-14-11-19(15-22(21)31-2)25(29)33-20-12-9-17(10-13-20)16-26-27-24(28)23(32-3)18-7-5-4-6-8-18/h4-16,23H,1-3H3,(H,27,28)/b26-16-/t23-/m0/s1. The molecule has 3 aromatic rings. The molecular weight excluding hydrogens is 424 g/mol. The summed E-state index contributed by atoms with van der Waals surface area (Å²) in [4.78, 5) is 24.8. The molecular formula is C25H24N2O6. The van der Waals surface area contributed by atoms with Crippen molar-refractivity contribution in [3.8, 4) is 17.2 Å². The predicted molar refractivity (Wildman–Crippen MR) is 123 cm³/mol. The average molecular weight is 448 g/mol. The molecule has 0 aliphatic rings. The molecule has 170 valence electrons. The molecule has 1 amide bonds. The molecule has 0 saturated carbocycles. The lowest BCUT2D eigenvalue weighted by Gasteiger charge is -2.13. The summed E-state index contributed by atoms with van der Waals surface area (Å²) in [5.74, 6) is 0.393. The zero-order valence-corrected chi connectivity index (χ0v) is 18.5. The summed E-state index contributed by atoms with van der Waals surface area (Å²) in [6.45, 7) is 0. The number of carbonyl (C=O) groups is 2. The molecule has 8 heteroatoms. The smallest absolute Gasteiger partial charge is 0.343 e. The fraction of sp³-hybridized carbons (Fsp3) is 0.160. The van der Waals surface area contributed by atoms with Crippen LogP contribution in [0.15, 0.2) is 77.9 Å². The van der Waals surface area contributed by atoms with Gasteiger partial charge in [0.05, 0.1) is 26.0 Å². The maximum Gasteiger partial charge on any atom is 0.343 e. The Hall–Kier alpha value is -4.17.